The van der Waals surface area contributed by atoms with Gasteiger partial charge in [0.1, 0.15) is 5.76 Å². The van der Waals surface area contributed by atoms with Gasteiger partial charge in [-0.1, -0.05) is 18.2 Å². The molecule has 6 nitrogen and oxygen atoms in total. The normalized spacial score (nSPS) is 10.8. The van der Waals surface area contributed by atoms with Crippen LogP contribution in [0.3, 0.4) is 0 Å². The van der Waals surface area contributed by atoms with Crippen LogP contribution in [-0.4, -0.2) is 15.5 Å². The van der Waals surface area contributed by atoms with Crippen LogP contribution in [0.2, 0.25) is 0 Å². The average Bonchev–Trinajstić information content (AvgIpc) is 3.36. The highest BCUT2D eigenvalue weighted by Crippen LogP contribution is 2.27. The molecule has 0 aliphatic carbocycles. The molecule has 4 rings (SSSR count). The van der Waals surface area contributed by atoms with E-state index in [4.69, 9.17) is 4.42 Å². The summed E-state index contributed by atoms with van der Waals surface area (Å²) in [5.41, 5.74) is 4.12. The van der Waals surface area contributed by atoms with Crippen molar-refractivity contribution in [1.29, 1.82) is 0 Å². The zero-order valence-electron chi connectivity index (χ0n) is 16.0. The minimum absolute atomic E-state index is 0.128. The van der Waals surface area contributed by atoms with Crippen LogP contribution < -0.4 is 10.9 Å². The van der Waals surface area contributed by atoms with Gasteiger partial charge in [0.05, 0.1) is 12.2 Å². The van der Waals surface area contributed by atoms with E-state index in [0.717, 1.165) is 11.3 Å². The number of rotatable bonds is 5. The Morgan fingerprint density at radius 3 is 2.79 bits per heavy atom. The van der Waals surface area contributed by atoms with E-state index < -0.39 is 0 Å². The molecule has 0 aliphatic rings. The van der Waals surface area contributed by atoms with E-state index in [0.29, 0.717) is 10.9 Å². The Morgan fingerprint density at radius 2 is 2.00 bits per heavy atom. The number of furan rings is 1. The molecule has 0 bridgehead atoms. The van der Waals surface area contributed by atoms with Crippen molar-refractivity contribution < 1.29 is 9.21 Å². The zero-order chi connectivity index (χ0) is 20.4. The van der Waals surface area contributed by atoms with Gasteiger partial charge in [0.15, 0.2) is 10.9 Å². The maximum atomic E-state index is 12.5. The van der Waals surface area contributed by atoms with Gasteiger partial charge in [0, 0.05) is 23.2 Å². The van der Waals surface area contributed by atoms with Crippen LogP contribution in [0.25, 0.3) is 11.3 Å². The summed E-state index contributed by atoms with van der Waals surface area (Å²) in [4.78, 5) is 28.8. The first kappa shape index (κ1) is 18.9. The molecule has 0 aliphatic heterocycles. The number of hydrogen-bond donors (Lipinski definition) is 1. The van der Waals surface area contributed by atoms with Crippen LogP contribution >= 0.6 is 11.3 Å². The highest BCUT2D eigenvalue weighted by molar-refractivity contribution is 7.14. The Morgan fingerprint density at radius 1 is 1.14 bits per heavy atom. The fraction of sp³-hybridized carbons (Fsp3) is 0.136. The third kappa shape index (κ3) is 4.20. The number of benzene rings is 1. The molecule has 1 N–H and O–H groups in total. The number of aryl methyl sites for hydroxylation is 2. The van der Waals surface area contributed by atoms with Crippen molar-refractivity contribution in [1.82, 2.24) is 9.55 Å². The average molecular weight is 405 g/mol. The number of anilines is 1. The number of nitrogens with zero attached hydrogens (tertiary/aromatic N) is 2. The number of amides is 1. The van der Waals surface area contributed by atoms with Crippen LogP contribution in [0.5, 0.6) is 0 Å². The van der Waals surface area contributed by atoms with E-state index in [2.05, 4.69) is 36.3 Å². The summed E-state index contributed by atoms with van der Waals surface area (Å²) in [6.07, 6.45) is 1.68. The van der Waals surface area contributed by atoms with Crippen LogP contribution in [0.1, 0.15) is 27.4 Å². The predicted octanol–water partition coefficient (Wildman–Crippen LogP) is 4.48. The molecule has 0 spiro atoms. The Hall–Kier alpha value is -3.45. The van der Waals surface area contributed by atoms with Gasteiger partial charge in [-0.3, -0.25) is 14.9 Å². The first-order chi connectivity index (χ1) is 14.0. The van der Waals surface area contributed by atoms with Crippen molar-refractivity contribution in [2.24, 2.45) is 0 Å². The number of carbonyl (C=O) groups excluding carboxylic acids is 1. The lowest BCUT2D eigenvalue weighted by Gasteiger charge is -2.03. The third-order valence-corrected chi connectivity index (χ3v) is 5.40. The predicted molar refractivity (Wildman–Crippen MR) is 113 cm³/mol. The van der Waals surface area contributed by atoms with E-state index in [1.54, 1.807) is 30.5 Å². The molecule has 3 aromatic heterocycles. The third-order valence-electron chi connectivity index (χ3n) is 4.64. The number of pyridine rings is 1. The summed E-state index contributed by atoms with van der Waals surface area (Å²) in [5.74, 6) is 0.322. The molecule has 29 heavy (non-hydrogen) atoms. The standard InChI is InChI=1S/C22H19N3O3S/c1-14-6-7-16(11-15(14)2)18-13-29-22(23-18)24-21(27)19-9-8-17(28-19)12-25-10-4-3-5-20(25)26/h3-11,13H,12H2,1-2H3,(H,23,24,27). The highest BCUT2D eigenvalue weighted by Gasteiger charge is 2.14. The molecule has 0 atom stereocenters. The minimum atomic E-state index is -0.377. The van der Waals surface area contributed by atoms with Crippen molar-refractivity contribution in [3.05, 3.63) is 93.1 Å². The lowest BCUT2D eigenvalue weighted by atomic mass is 10.1. The number of thiazole rings is 1. The summed E-state index contributed by atoms with van der Waals surface area (Å²) in [5, 5.41) is 5.18. The largest absolute Gasteiger partial charge is 0.454 e. The number of aromatic nitrogens is 2. The van der Waals surface area contributed by atoms with Crippen LogP contribution in [-0.2, 0) is 6.54 Å². The number of nitrogens with one attached hydrogen (secondary N) is 1. The van der Waals surface area contributed by atoms with E-state index in [-0.39, 0.29) is 23.8 Å². The van der Waals surface area contributed by atoms with E-state index in [1.165, 1.54) is 33.1 Å². The van der Waals surface area contributed by atoms with Crippen LogP contribution in [0.15, 0.2) is 69.3 Å². The summed E-state index contributed by atoms with van der Waals surface area (Å²) in [6, 6.07) is 14.4. The first-order valence-corrected chi connectivity index (χ1v) is 9.96. The quantitative estimate of drug-likeness (QED) is 0.531. The summed E-state index contributed by atoms with van der Waals surface area (Å²) < 4.78 is 7.11. The van der Waals surface area contributed by atoms with Gasteiger partial charge in [-0.15, -0.1) is 11.3 Å². The van der Waals surface area contributed by atoms with Crippen molar-refractivity contribution in [2.75, 3.05) is 5.32 Å². The SMILES string of the molecule is Cc1ccc(-c2csc(NC(=O)c3ccc(Cn4ccccc4=O)o3)n2)cc1C. The zero-order valence-corrected chi connectivity index (χ0v) is 16.8. The lowest BCUT2D eigenvalue weighted by molar-refractivity contribution is 0.0994. The molecule has 0 saturated heterocycles. The second-order valence-electron chi connectivity index (χ2n) is 6.72. The van der Waals surface area contributed by atoms with Gasteiger partial charge in [0.2, 0.25) is 0 Å². The molecule has 7 heteroatoms. The van der Waals surface area contributed by atoms with E-state index >= 15 is 0 Å². The molecule has 0 fully saturated rings. The lowest BCUT2D eigenvalue weighted by Crippen LogP contribution is -2.18. The van der Waals surface area contributed by atoms with Crippen molar-refractivity contribution >= 4 is 22.4 Å². The summed E-state index contributed by atoms with van der Waals surface area (Å²) >= 11 is 1.36. The molecule has 0 radical (unpaired) electrons. The second kappa shape index (κ2) is 7.89. The van der Waals surface area contributed by atoms with Gasteiger partial charge in [-0.05, 0) is 49.2 Å². The molecule has 0 unspecified atom stereocenters. The van der Waals surface area contributed by atoms with E-state index in [9.17, 15) is 9.59 Å². The smallest absolute Gasteiger partial charge is 0.293 e. The molecule has 1 amide bonds. The molecule has 3 heterocycles. The van der Waals surface area contributed by atoms with Gasteiger partial charge in [-0.2, -0.15) is 0 Å². The second-order valence-corrected chi connectivity index (χ2v) is 7.58. The summed E-state index contributed by atoms with van der Waals surface area (Å²) in [6.45, 7) is 4.39. The van der Waals surface area contributed by atoms with Crippen LogP contribution in [0.4, 0.5) is 5.13 Å². The monoisotopic (exact) mass is 405 g/mol. The van der Waals surface area contributed by atoms with Crippen molar-refractivity contribution in [3.8, 4) is 11.3 Å². The van der Waals surface area contributed by atoms with Gasteiger partial charge >= 0.3 is 0 Å². The van der Waals surface area contributed by atoms with Gasteiger partial charge in [0.25, 0.3) is 11.5 Å². The fourth-order valence-electron chi connectivity index (χ4n) is 2.87. The van der Waals surface area contributed by atoms with Gasteiger partial charge in [-0.25, -0.2) is 4.98 Å². The first-order valence-electron chi connectivity index (χ1n) is 9.08. The topological polar surface area (TPSA) is 77.1 Å². The molecule has 0 saturated carbocycles. The summed E-state index contributed by atoms with van der Waals surface area (Å²) in [7, 11) is 0. The van der Waals surface area contributed by atoms with Crippen molar-refractivity contribution in [3.63, 3.8) is 0 Å². The fourth-order valence-corrected chi connectivity index (χ4v) is 3.58. The molecule has 1 aromatic carbocycles. The number of carbonyl (C=O) groups is 1. The highest BCUT2D eigenvalue weighted by atomic mass is 32.1. The Balaban J connectivity index is 1.46. The number of hydrogen-bond acceptors (Lipinski definition) is 5. The maximum Gasteiger partial charge on any atom is 0.293 e. The molecular weight excluding hydrogens is 386 g/mol. The van der Waals surface area contributed by atoms with Gasteiger partial charge < -0.3 is 8.98 Å². The molecule has 4 aromatic rings. The van der Waals surface area contributed by atoms with E-state index in [1.807, 2.05) is 11.4 Å². The van der Waals surface area contributed by atoms with Crippen LogP contribution in [0, 0.1) is 13.8 Å². The minimum Gasteiger partial charge on any atom is -0.454 e. The van der Waals surface area contributed by atoms with Crippen molar-refractivity contribution in [2.45, 2.75) is 20.4 Å². The molecule has 146 valence electrons. The molecular formula is C22H19N3O3S. The maximum absolute atomic E-state index is 12.5. The Labute approximate surface area is 171 Å². The Bertz CT molecular complexity index is 1240. The Kier molecular flexibility index (Phi) is 5.14.